The fourth-order valence-corrected chi connectivity index (χ4v) is 2.71. The lowest BCUT2D eigenvalue weighted by atomic mass is 10.3. The summed E-state index contributed by atoms with van der Waals surface area (Å²) in [4.78, 5) is 20.1. The Kier molecular flexibility index (Phi) is 2.54. The van der Waals surface area contributed by atoms with Crippen molar-refractivity contribution in [2.75, 3.05) is 0 Å². The third-order valence-corrected chi connectivity index (χ3v) is 3.55. The number of carboxylic acids is 1. The van der Waals surface area contributed by atoms with Crippen molar-refractivity contribution in [1.82, 2.24) is 9.97 Å². The Bertz CT molecular complexity index is 516. The predicted octanol–water partition coefficient (Wildman–Crippen LogP) is 2.58. The predicted molar refractivity (Wildman–Crippen MR) is 59.7 cm³/mol. The molecule has 2 aromatic rings. The van der Waals surface area contributed by atoms with Gasteiger partial charge in [-0.25, -0.2) is 14.8 Å². The van der Waals surface area contributed by atoms with Crippen molar-refractivity contribution in [3.8, 4) is 11.4 Å². The van der Waals surface area contributed by atoms with E-state index in [1.54, 1.807) is 16.7 Å². The number of carboxylic acid groups (broad SMARTS) is 1. The fourth-order valence-electron chi connectivity index (χ4n) is 1.25. The minimum atomic E-state index is -0.990. The van der Waals surface area contributed by atoms with Crippen molar-refractivity contribution in [2.45, 2.75) is 13.8 Å². The average Bonchev–Trinajstić information content (AvgIpc) is 2.71. The molecule has 0 fully saturated rings. The molecule has 0 saturated carbocycles. The van der Waals surface area contributed by atoms with Crippen LogP contribution < -0.4 is 0 Å². The van der Waals surface area contributed by atoms with Crippen molar-refractivity contribution < 1.29 is 9.90 Å². The molecule has 2 aromatic heterocycles. The highest BCUT2D eigenvalue weighted by molar-refractivity contribution is 7.12. The minimum absolute atomic E-state index is 0.107. The number of hydrogen-bond acceptors (Lipinski definition) is 5. The highest BCUT2D eigenvalue weighted by Gasteiger charge is 2.14. The van der Waals surface area contributed by atoms with Gasteiger partial charge < -0.3 is 5.11 Å². The third kappa shape index (κ3) is 1.91. The SMILES string of the molecule is Cc1nc(-c2csc(C(=O)O)n2)c(C)s1. The van der Waals surface area contributed by atoms with Crippen LogP contribution >= 0.6 is 22.7 Å². The van der Waals surface area contributed by atoms with Gasteiger partial charge in [0.2, 0.25) is 5.01 Å². The lowest BCUT2D eigenvalue weighted by Gasteiger charge is -1.90. The monoisotopic (exact) mass is 240 g/mol. The zero-order chi connectivity index (χ0) is 11.0. The number of rotatable bonds is 2. The molecule has 0 aliphatic rings. The van der Waals surface area contributed by atoms with E-state index in [2.05, 4.69) is 9.97 Å². The first kappa shape index (κ1) is 10.3. The molecule has 1 N–H and O–H groups in total. The average molecular weight is 240 g/mol. The second kappa shape index (κ2) is 3.71. The lowest BCUT2D eigenvalue weighted by molar-refractivity contribution is 0.0696. The molecular formula is C9H8N2O2S2. The maximum absolute atomic E-state index is 10.7. The minimum Gasteiger partial charge on any atom is -0.476 e. The van der Waals surface area contributed by atoms with Crippen LogP contribution in [0.2, 0.25) is 0 Å². The molecule has 0 amide bonds. The first-order valence-corrected chi connectivity index (χ1v) is 5.91. The van der Waals surface area contributed by atoms with Gasteiger partial charge in [0.05, 0.1) is 5.01 Å². The summed E-state index contributed by atoms with van der Waals surface area (Å²) >= 11 is 2.71. The molecule has 0 aromatic carbocycles. The van der Waals surface area contributed by atoms with Gasteiger partial charge in [0.15, 0.2) is 0 Å². The molecule has 0 spiro atoms. The summed E-state index contributed by atoms with van der Waals surface area (Å²) in [6.45, 7) is 3.88. The Morgan fingerprint density at radius 3 is 2.60 bits per heavy atom. The number of carbonyl (C=O) groups is 1. The van der Waals surface area contributed by atoms with Gasteiger partial charge in [-0.1, -0.05) is 0 Å². The zero-order valence-electron chi connectivity index (χ0n) is 8.14. The van der Waals surface area contributed by atoms with Crippen LogP contribution in [0.15, 0.2) is 5.38 Å². The van der Waals surface area contributed by atoms with Gasteiger partial charge in [-0.15, -0.1) is 22.7 Å². The molecular weight excluding hydrogens is 232 g/mol. The van der Waals surface area contributed by atoms with Crippen LogP contribution in [0.1, 0.15) is 19.7 Å². The summed E-state index contributed by atoms with van der Waals surface area (Å²) in [7, 11) is 0. The topological polar surface area (TPSA) is 63.1 Å². The number of thiazole rings is 2. The van der Waals surface area contributed by atoms with Crippen LogP contribution in [0.5, 0.6) is 0 Å². The van der Waals surface area contributed by atoms with E-state index in [0.717, 1.165) is 26.9 Å². The smallest absolute Gasteiger partial charge is 0.365 e. The first-order valence-electron chi connectivity index (χ1n) is 4.21. The second-order valence-electron chi connectivity index (χ2n) is 2.98. The lowest BCUT2D eigenvalue weighted by Crippen LogP contribution is -1.94. The van der Waals surface area contributed by atoms with E-state index < -0.39 is 5.97 Å². The Balaban J connectivity index is 2.45. The summed E-state index contributed by atoms with van der Waals surface area (Å²) < 4.78 is 0. The molecule has 0 saturated heterocycles. The summed E-state index contributed by atoms with van der Waals surface area (Å²) in [5, 5.41) is 11.5. The van der Waals surface area contributed by atoms with Crippen molar-refractivity contribution >= 4 is 28.6 Å². The maximum Gasteiger partial charge on any atom is 0.365 e. The zero-order valence-corrected chi connectivity index (χ0v) is 9.78. The van der Waals surface area contributed by atoms with E-state index in [1.165, 1.54) is 0 Å². The summed E-state index contributed by atoms with van der Waals surface area (Å²) in [6, 6.07) is 0. The highest BCUT2D eigenvalue weighted by atomic mass is 32.1. The molecule has 0 radical (unpaired) electrons. The van der Waals surface area contributed by atoms with Crippen LogP contribution in [0.25, 0.3) is 11.4 Å². The van der Waals surface area contributed by atoms with E-state index in [9.17, 15) is 4.79 Å². The third-order valence-electron chi connectivity index (χ3n) is 1.83. The van der Waals surface area contributed by atoms with Crippen molar-refractivity contribution in [1.29, 1.82) is 0 Å². The molecule has 0 unspecified atom stereocenters. The van der Waals surface area contributed by atoms with Gasteiger partial charge in [-0.2, -0.15) is 0 Å². The standard InChI is InChI=1S/C9H8N2O2S2/c1-4-7(10-5(2)15-4)6-3-14-8(11-6)9(12)13/h3H,1-2H3,(H,12,13). The largest absolute Gasteiger partial charge is 0.476 e. The van der Waals surface area contributed by atoms with Crippen molar-refractivity contribution in [2.24, 2.45) is 0 Å². The normalized spacial score (nSPS) is 10.5. The Morgan fingerprint density at radius 1 is 1.40 bits per heavy atom. The van der Waals surface area contributed by atoms with Crippen LogP contribution in [0.3, 0.4) is 0 Å². The number of nitrogens with zero attached hydrogens (tertiary/aromatic N) is 2. The van der Waals surface area contributed by atoms with Gasteiger partial charge in [0.25, 0.3) is 0 Å². The number of aromatic carboxylic acids is 1. The Labute approximate surface area is 94.3 Å². The molecule has 2 rings (SSSR count). The van der Waals surface area contributed by atoms with Gasteiger partial charge in [0, 0.05) is 10.3 Å². The molecule has 78 valence electrons. The molecule has 0 bridgehead atoms. The number of hydrogen-bond donors (Lipinski definition) is 1. The maximum atomic E-state index is 10.7. The number of aromatic nitrogens is 2. The Morgan fingerprint density at radius 2 is 2.13 bits per heavy atom. The van der Waals surface area contributed by atoms with E-state index in [-0.39, 0.29) is 5.01 Å². The Hall–Kier alpha value is -1.27. The van der Waals surface area contributed by atoms with Crippen LogP contribution in [-0.2, 0) is 0 Å². The van der Waals surface area contributed by atoms with E-state index in [4.69, 9.17) is 5.11 Å². The van der Waals surface area contributed by atoms with E-state index >= 15 is 0 Å². The van der Waals surface area contributed by atoms with Gasteiger partial charge >= 0.3 is 5.97 Å². The first-order chi connectivity index (χ1) is 7.08. The highest BCUT2D eigenvalue weighted by Crippen LogP contribution is 2.27. The van der Waals surface area contributed by atoms with Crippen LogP contribution in [0.4, 0.5) is 0 Å². The molecule has 0 aliphatic carbocycles. The van der Waals surface area contributed by atoms with Crippen LogP contribution in [0, 0.1) is 13.8 Å². The van der Waals surface area contributed by atoms with Crippen molar-refractivity contribution in [3.05, 3.63) is 20.3 Å². The molecule has 0 aliphatic heterocycles. The summed E-state index contributed by atoms with van der Waals surface area (Å²) in [5.41, 5.74) is 1.44. The van der Waals surface area contributed by atoms with Gasteiger partial charge in [-0.05, 0) is 13.8 Å². The molecule has 15 heavy (non-hydrogen) atoms. The molecule has 4 nitrogen and oxygen atoms in total. The summed E-state index contributed by atoms with van der Waals surface area (Å²) in [5.74, 6) is -0.990. The van der Waals surface area contributed by atoms with Gasteiger partial charge in [0.1, 0.15) is 11.4 Å². The summed E-state index contributed by atoms with van der Waals surface area (Å²) in [6.07, 6.45) is 0. The molecule has 2 heterocycles. The van der Waals surface area contributed by atoms with E-state index in [0.29, 0.717) is 5.69 Å². The quantitative estimate of drug-likeness (QED) is 0.876. The number of aryl methyl sites for hydroxylation is 2. The van der Waals surface area contributed by atoms with Crippen molar-refractivity contribution in [3.63, 3.8) is 0 Å². The second-order valence-corrected chi connectivity index (χ2v) is 5.25. The van der Waals surface area contributed by atoms with E-state index in [1.807, 2.05) is 13.8 Å². The molecule has 6 heteroatoms. The van der Waals surface area contributed by atoms with Gasteiger partial charge in [-0.3, -0.25) is 0 Å². The fraction of sp³-hybridized carbons (Fsp3) is 0.222. The van der Waals surface area contributed by atoms with Crippen LogP contribution in [-0.4, -0.2) is 21.0 Å². The molecule has 0 atom stereocenters.